The van der Waals surface area contributed by atoms with E-state index in [1.165, 1.54) is 17.1 Å². The van der Waals surface area contributed by atoms with Crippen LogP contribution in [-0.4, -0.2) is 38.7 Å². The molecule has 1 heterocycles. The molecule has 1 aliphatic heterocycles. The molecule has 2 aromatic carbocycles. The van der Waals surface area contributed by atoms with Crippen molar-refractivity contribution in [3.05, 3.63) is 59.7 Å². The first-order valence-electron chi connectivity index (χ1n) is 8.12. The molecule has 3 rings (SSSR count). The maximum Gasteiger partial charge on any atom is 1.00 e. The zero-order valence-electron chi connectivity index (χ0n) is 16.1. The summed E-state index contributed by atoms with van der Waals surface area (Å²) in [5, 5.41) is 5.44. The van der Waals surface area contributed by atoms with Gasteiger partial charge < -0.3 is 9.45 Å². The predicted octanol–water partition coefficient (Wildman–Crippen LogP) is -0.533. The van der Waals surface area contributed by atoms with Crippen molar-refractivity contribution in [1.29, 1.82) is 0 Å². The normalized spacial score (nSPS) is 15.4. The number of amides is 1. The second-order valence-electron chi connectivity index (χ2n) is 6.29. The van der Waals surface area contributed by atoms with E-state index < -0.39 is 10.1 Å². The third-order valence-electron chi connectivity index (χ3n) is 4.15. The summed E-state index contributed by atoms with van der Waals surface area (Å²) in [5.74, 6) is -0.318. The molecule has 9 heteroatoms. The molecule has 0 spiro atoms. The van der Waals surface area contributed by atoms with E-state index >= 15 is 0 Å². The van der Waals surface area contributed by atoms with Gasteiger partial charge in [0.25, 0.3) is 5.91 Å². The maximum absolute atomic E-state index is 12.7. The number of hydrogen-bond donors (Lipinski definition) is 0. The summed E-state index contributed by atoms with van der Waals surface area (Å²) in [6.45, 7) is 1.73. The fourth-order valence-electron chi connectivity index (χ4n) is 2.65. The number of anilines is 2. The van der Waals surface area contributed by atoms with Gasteiger partial charge in [-0.1, -0.05) is 12.1 Å². The van der Waals surface area contributed by atoms with Gasteiger partial charge in [0.05, 0.1) is 21.9 Å². The smallest absolute Gasteiger partial charge is 0.744 e. The summed E-state index contributed by atoms with van der Waals surface area (Å²) in [4.78, 5) is 14.4. The Bertz CT molecular complexity index is 1040. The monoisotopic (exact) mass is 407 g/mol. The van der Waals surface area contributed by atoms with E-state index in [0.29, 0.717) is 17.0 Å². The summed E-state index contributed by atoms with van der Waals surface area (Å²) >= 11 is 0. The summed E-state index contributed by atoms with van der Waals surface area (Å²) < 4.78 is 33.1. The molecule has 0 aliphatic carbocycles. The van der Waals surface area contributed by atoms with E-state index in [-0.39, 0.29) is 40.4 Å². The molecule has 0 radical (unpaired) electrons. The number of rotatable bonds is 4. The summed E-state index contributed by atoms with van der Waals surface area (Å²) in [6.07, 6.45) is 1.76. The molecule has 1 amide bonds. The first-order chi connectivity index (χ1) is 12.7. The van der Waals surface area contributed by atoms with Gasteiger partial charge in [0, 0.05) is 19.8 Å². The third-order valence-corrected chi connectivity index (χ3v) is 5.00. The average molecular weight is 407 g/mol. The first kappa shape index (κ1) is 22.3. The molecule has 2 aromatic rings. The minimum atomic E-state index is -4.53. The molecule has 28 heavy (non-hydrogen) atoms. The summed E-state index contributed by atoms with van der Waals surface area (Å²) in [7, 11) is -0.632. The van der Waals surface area contributed by atoms with Crippen molar-refractivity contribution in [2.75, 3.05) is 24.0 Å². The van der Waals surface area contributed by atoms with E-state index in [1.54, 1.807) is 13.0 Å². The van der Waals surface area contributed by atoms with Gasteiger partial charge in [-0.3, -0.25) is 4.79 Å². The van der Waals surface area contributed by atoms with Crippen LogP contribution in [0.5, 0.6) is 0 Å². The molecule has 1 aliphatic rings. The zero-order chi connectivity index (χ0) is 19.8. The van der Waals surface area contributed by atoms with Crippen LogP contribution >= 0.6 is 0 Å². The Hall–Kier alpha value is -1.97. The van der Waals surface area contributed by atoms with Crippen molar-refractivity contribution >= 4 is 39.2 Å². The molecule has 0 bridgehead atoms. The van der Waals surface area contributed by atoms with E-state index in [1.807, 2.05) is 43.3 Å². The van der Waals surface area contributed by atoms with Crippen LogP contribution in [0.4, 0.5) is 11.4 Å². The molecule has 0 unspecified atom stereocenters. The van der Waals surface area contributed by atoms with Gasteiger partial charge in [-0.05, 0) is 55.0 Å². The topological polar surface area (TPSA) is 93.1 Å². The summed E-state index contributed by atoms with van der Waals surface area (Å²) in [5.41, 5.74) is 3.31. The number of carbonyl (C=O) groups is 1. The number of hydrogen-bond acceptors (Lipinski definition) is 6. The van der Waals surface area contributed by atoms with Crippen molar-refractivity contribution in [3.8, 4) is 0 Å². The number of nitrogens with zero attached hydrogens (tertiary/aromatic N) is 3. The predicted molar refractivity (Wildman–Crippen MR) is 104 cm³/mol. The average Bonchev–Trinajstić information content (AvgIpc) is 2.90. The molecule has 0 saturated heterocycles. The van der Waals surface area contributed by atoms with Crippen LogP contribution in [-0.2, 0) is 14.9 Å². The minimum absolute atomic E-state index is 0. The van der Waals surface area contributed by atoms with E-state index in [2.05, 4.69) is 5.10 Å². The standard InChI is InChI=1S/C19H19N3O4S.Na/c1-13-18(12-14-4-6-15(7-5-14)21(2)3)19(23)22(20-13)16-8-10-17(11-9-16)27(24,25)26;/h4-12H,1-3H3,(H,24,25,26);/q;+1/p-1/b18-12-;. The molecule has 140 valence electrons. The Morgan fingerprint density at radius 3 is 2.11 bits per heavy atom. The van der Waals surface area contributed by atoms with E-state index in [9.17, 15) is 17.8 Å². The van der Waals surface area contributed by atoms with Gasteiger partial charge in [0.1, 0.15) is 10.1 Å². The minimum Gasteiger partial charge on any atom is -0.744 e. The van der Waals surface area contributed by atoms with Crippen LogP contribution in [0.1, 0.15) is 12.5 Å². The van der Waals surface area contributed by atoms with Gasteiger partial charge >= 0.3 is 29.6 Å². The first-order valence-corrected chi connectivity index (χ1v) is 9.53. The Kier molecular flexibility index (Phi) is 6.84. The van der Waals surface area contributed by atoms with Crippen LogP contribution in [0, 0.1) is 0 Å². The van der Waals surface area contributed by atoms with Crippen molar-refractivity contribution < 1.29 is 47.3 Å². The fraction of sp³-hybridized carbons (Fsp3) is 0.158. The Morgan fingerprint density at radius 2 is 1.61 bits per heavy atom. The Labute approximate surface area is 186 Å². The second-order valence-corrected chi connectivity index (χ2v) is 7.67. The molecule has 0 atom stereocenters. The van der Waals surface area contributed by atoms with Crippen LogP contribution in [0.15, 0.2) is 64.1 Å². The second kappa shape index (κ2) is 8.59. The van der Waals surface area contributed by atoms with E-state index in [4.69, 9.17) is 0 Å². The quantitative estimate of drug-likeness (QED) is 0.386. The molecule has 0 fully saturated rings. The van der Waals surface area contributed by atoms with Gasteiger partial charge in [-0.15, -0.1) is 0 Å². The van der Waals surface area contributed by atoms with Gasteiger partial charge in [-0.25, -0.2) is 8.42 Å². The molecule has 7 nitrogen and oxygen atoms in total. The van der Waals surface area contributed by atoms with Crippen LogP contribution in [0.25, 0.3) is 6.08 Å². The van der Waals surface area contributed by atoms with Crippen LogP contribution in [0.3, 0.4) is 0 Å². The number of benzene rings is 2. The van der Waals surface area contributed by atoms with Crippen LogP contribution in [0.2, 0.25) is 0 Å². The molecule has 0 saturated carbocycles. The van der Waals surface area contributed by atoms with Crippen molar-refractivity contribution in [2.45, 2.75) is 11.8 Å². The number of carbonyl (C=O) groups excluding carboxylic acids is 1. The largest absolute Gasteiger partial charge is 1.00 e. The van der Waals surface area contributed by atoms with Crippen molar-refractivity contribution in [3.63, 3.8) is 0 Å². The molecule has 0 aromatic heterocycles. The zero-order valence-corrected chi connectivity index (χ0v) is 18.9. The Morgan fingerprint density at radius 1 is 1.04 bits per heavy atom. The maximum atomic E-state index is 12.7. The fourth-order valence-corrected chi connectivity index (χ4v) is 3.12. The SMILES string of the molecule is CC1=NN(c2ccc(S(=O)(=O)[O-])cc2)C(=O)/C1=C\c1ccc(N(C)C)cc1.[Na+]. The third kappa shape index (κ3) is 4.71. The van der Waals surface area contributed by atoms with E-state index in [0.717, 1.165) is 23.4 Å². The van der Waals surface area contributed by atoms with Crippen molar-refractivity contribution in [1.82, 2.24) is 0 Å². The molecular weight excluding hydrogens is 389 g/mol. The Balaban J connectivity index is 0.00000280. The van der Waals surface area contributed by atoms with Crippen LogP contribution < -0.4 is 39.5 Å². The summed E-state index contributed by atoms with van der Waals surface area (Å²) in [6, 6.07) is 12.8. The van der Waals surface area contributed by atoms with Gasteiger partial charge in [0.2, 0.25) is 0 Å². The molecular formula is C19H18N3NaO4S. The van der Waals surface area contributed by atoms with Gasteiger partial charge in [0.15, 0.2) is 0 Å². The molecule has 0 N–H and O–H groups in total. The number of hydrazone groups is 1. The van der Waals surface area contributed by atoms with Gasteiger partial charge in [-0.2, -0.15) is 10.1 Å². The van der Waals surface area contributed by atoms with Crippen molar-refractivity contribution in [2.24, 2.45) is 5.10 Å².